The van der Waals surface area contributed by atoms with Crippen LogP contribution in [0.4, 0.5) is 5.69 Å². The summed E-state index contributed by atoms with van der Waals surface area (Å²) in [5.41, 5.74) is 14.2. The second-order valence-corrected chi connectivity index (χ2v) is 12.7. The molecule has 2 atom stereocenters. The molecule has 0 saturated carbocycles. The largest absolute Gasteiger partial charge is 0.504 e. The highest BCUT2D eigenvalue weighted by Crippen LogP contribution is 2.48. The van der Waals surface area contributed by atoms with E-state index in [9.17, 15) is 5.11 Å². The van der Waals surface area contributed by atoms with Gasteiger partial charge in [0.15, 0.2) is 17.4 Å². The molecule has 2 aromatic rings. The topological polar surface area (TPSA) is 100 Å². The quantitative estimate of drug-likeness (QED) is 0.256. The minimum absolute atomic E-state index is 0.0800. The van der Waals surface area contributed by atoms with Crippen molar-refractivity contribution in [2.24, 2.45) is 27.4 Å². The predicted octanol–water partition coefficient (Wildman–Crippen LogP) is 5.84. The lowest BCUT2D eigenvalue weighted by atomic mass is 10.0. The van der Waals surface area contributed by atoms with E-state index in [-0.39, 0.29) is 40.1 Å². The summed E-state index contributed by atoms with van der Waals surface area (Å²) in [6.07, 6.45) is 2.41. The highest BCUT2D eigenvalue weighted by Gasteiger charge is 2.22. The second kappa shape index (κ2) is 11.0. The van der Waals surface area contributed by atoms with E-state index in [4.69, 9.17) is 16.5 Å². The van der Waals surface area contributed by atoms with Crippen molar-refractivity contribution >= 4 is 56.1 Å². The normalized spacial score (nSPS) is 18.2. The van der Waals surface area contributed by atoms with Crippen LogP contribution in [0.1, 0.15) is 69.9 Å². The maximum absolute atomic E-state index is 10.9. The van der Waals surface area contributed by atoms with Gasteiger partial charge >= 0.3 is 0 Å². The number of aromatic hydroxyl groups is 1. The van der Waals surface area contributed by atoms with Crippen molar-refractivity contribution in [2.45, 2.75) is 63.6 Å². The van der Waals surface area contributed by atoms with E-state index >= 15 is 0 Å². The summed E-state index contributed by atoms with van der Waals surface area (Å²) in [7, 11) is -0.222. The van der Waals surface area contributed by atoms with Crippen LogP contribution in [0.3, 0.4) is 0 Å². The molecule has 9 heteroatoms. The standard InChI is InChI=1S/C23H35N5OS3/c1-6-32(28-9-7-8-10-28)23-20(29)17(13-31-23)26-21(24)22(25)27-19(15(4)5)18-11-16(12-30-18)14(2)3/h6,11-15,19,29H,7-10H2,1-5H3,(H2,24,26)(H2,25,27)/t19-,32?/m1/s1. The van der Waals surface area contributed by atoms with Crippen molar-refractivity contribution in [3.8, 4) is 5.75 Å². The molecular formula is C23H35N5OS3. The van der Waals surface area contributed by atoms with Crippen molar-refractivity contribution in [1.82, 2.24) is 4.31 Å². The van der Waals surface area contributed by atoms with E-state index in [1.165, 1.54) is 34.6 Å². The lowest BCUT2D eigenvalue weighted by Crippen LogP contribution is -2.32. The molecule has 0 spiro atoms. The van der Waals surface area contributed by atoms with Gasteiger partial charge in [0.1, 0.15) is 9.90 Å². The van der Waals surface area contributed by atoms with E-state index in [2.05, 4.69) is 53.8 Å². The number of aliphatic imine (C=N–C) groups is 2. The SMILES string of the molecule is C/C=S(\c1scc(N=C(N)C(N)=N[C@@H](c2cc(C(C)C)cs2)C(C)C)c1O)N1CCCC1. The summed E-state index contributed by atoms with van der Waals surface area (Å²) >= 11 is 3.22. The Morgan fingerprint density at radius 3 is 2.38 bits per heavy atom. The predicted molar refractivity (Wildman–Crippen MR) is 143 cm³/mol. The average Bonchev–Trinajstić information content (AvgIpc) is 3.50. The first-order valence-corrected chi connectivity index (χ1v) is 14.1. The van der Waals surface area contributed by atoms with Crippen molar-refractivity contribution in [3.63, 3.8) is 0 Å². The molecule has 3 heterocycles. The fourth-order valence-electron chi connectivity index (χ4n) is 3.58. The molecule has 1 saturated heterocycles. The molecule has 0 aliphatic carbocycles. The number of hydrogen-bond acceptors (Lipinski definition) is 6. The molecule has 1 unspecified atom stereocenters. The molecule has 1 aliphatic heterocycles. The number of hydrogen-bond donors (Lipinski definition) is 3. The molecule has 6 nitrogen and oxygen atoms in total. The summed E-state index contributed by atoms with van der Waals surface area (Å²) < 4.78 is 3.34. The van der Waals surface area contributed by atoms with E-state index < -0.39 is 0 Å². The summed E-state index contributed by atoms with van der Waals surface area (Å²) in [6, 6.07) is 2.13. The monoisotopic (exact) mass is 493 g/mol. The van der Waals surface area contributed by atoms with Crippen molar-refractivity contribution < 1.29 is 5.11 Å². The van der Waals surface area contributed by atoms with Crippen LogP contribution in [0.5, 0.6) is 5.75 Å². The number of rotatable bonds is 7. The van der Waals surface area contributed by atoms with Crippen LogP contribution in [0.15, 0.2) is 31.0 Å². The Kier molecular flexibility index (Phi) is 8.55. The molecule has 0 bridgehead atoms. The second-order valence-electron chi connectivity index (χ2n) is 8.58. The maximum atomic E-state index is 10.9. The summed E-state index contributed by atoms with van der Waals surface area (Å²) in [5, 5.41) is 17.0. The van der Waals surface area contributed by atoms with E-state index in [1.54, 1.807) is 11.3 Å². The molecule has 5 N–H and O–H groups in total. The number of amidine groups is 2. The third-order valence-electron chi connectivity index (χ3n) is 5.48. The van der Waals surface area contributed by atoms with Crippen molar-refractivity contribution in [1.29, 1.82) is 0 Å². The van der Waals surface area contributed by atoms with Gasteiger partial charge < -0.3 is 16.6 Å². The van der Waals surface area contributed by atoms with Crippen molar-refractivity contribution in [2.75, 3.05) is 13.1 Å². The molecule has 176 valence electrons. The Morgan fingerprint density at radius 1 is 1.12 bits per heavy atom. The molecule has 0 aromatic carbocycles. The van der Waals surface area contributed by atoms with E-state index in [1.807, 2.05) is 12.3 Å². The van der Waals surface area contributed by atoms with Gasteiger partial charge in [-0.3, -0.25) is 9.30 Å². The van der Waals surface area contributed by atoms with E-state index in [0.29, 0.717) is 11.6 Å². The Balaban J connectivity index is 1.85. The van der Waals surface area contributed by atoms with Crippen LogP contribution < -0.4 is 11.5 Å². The van der Waals surface area contributed by atoms with Gasteiger partial charge in [0, 0.05) is 23.3 Å². The smallest absolute Gasteiger partial charge is 0.166 e. The molecule has 2 aromatic heterocycles. The third kappa shape index (κ3) is 5.62. The zero-order valence-electron chi connectivity index (χ0n) is 19.5. The average molecular weight is 494 g/mol. The number of nitrogens with two attached hydrogens (primary N) is 2. The van der Waals surface area contributed by atoms with Gasteiger partial charge in [-0.05, 0) is 54.0 Å². The van der Waals surface area contributed by atoms with Gasteiger partial charge in [0.25, 0.3) is 0 Å². The number of thiophene rings is 2. The fraction of sp³-hybridized carbons (Fsp3) is 0.522. The van der Waals surface area contributed by atoms with Crippen LogP contribution in [0.2, 0.25) is 0 Å². The minimum atomic E-state index is -0.222. The van der Waals surface area contributed by atoms with Gasteiger partial charge in [-0.25, -0.2) is 4.99 Å². The van der Waals surface area contributed by atoms with Gasteiger partial charge in [-0.15, -0.1) is 22.7 Å². The number of nitrogens with zero attached hydrogens (tertiary/aromatic N) is 3. The Bertz CT molecular complexity index is 1010. The molecule has 0 amide bonds. The first-order valence-electron chi connectivity index (χ1n) is 11.1. The van der Waals surface area contributed by atoms with Gasteiger partial charge in [0.05, 0.1) is 6.04 Å². The third-order valence-corrected chi connectivity index (χ3v) is 9.99. The molecule has 32 heavy (non-hydrogen) atoms. The molecule has 1 aliphatic rings. The summed E-state index contributed by atoms with van der Waals surface area (Å²) in [4.78, 5) is 10.3. The zero-order chi connectivity index (χ0) is 23.4. The van der Waals surface area contributed by atoms with Gasteiger partial charge in [0.2, 0.25) is 0 Å². The van der Waals surface area contributed by atoms with E-state index in [0.717, 1.165) is 17.3 Å². The highest BCUT2D eigenvalue weighted by molar-refractivity contribution is 8.14. The maximum Gasteiger partial charge on any atom is 0.166 e. The molecular weight excluding hydrogens is 458 g/mol. The van der Waals surface area contributed by atoms with Crippen LogP contribution in [0, 0.1) is 5.92 Å². The first-order chi connectivity index (χ1) is 15.2. The molecule has 0 radical (unpaired) electrons. The lowest BCUT2D eigenvalue weighted by Gasteiger charge is -2.19. The zero-order valence-corrected chi connectivity index (χ0v) is 22.0. The van der Waals surface area contributed by atoms with Crippen molar-refractivity contribution in [3.05, 3.63) is 27.3 Å². The first kappa shape index (κ1) is 25.0. The Morgan fingerprint density at radius 2 is 1.81 bits per heavy atom. The molecule has 1 fully saturated rings. The Labute approximate surface area is 202 Å². The van der Waals surface area contributed by atoms with Gasteiger partial charge in [-0.1, -0.05) is 38.4 Å². The summed E-state index contributed by atoms with van der Waals surface area (Å²) in [5.74, 6) is 1.28. The minimum Gasteiger partial charge on any atom is -0.504 e. The highest BCUT2D eigenvalue weighted by atomic mass is 32.2. The lowest BCUT2D eigenvalue weighted by molar-refractivity contribution is 0.467. The van der Waals surface area contributed by atoms with Gasteiger partial charge in [-0.2, -0.15) is 0 Å². The van der Waals surface area contributed by atoms with Crippen LogP contribution in [-0.2, 0) is 0 Å². The molecule has 3 rings (SSSR count). The fourth-order valence-corrected chi connectivity index (χ4v) is 8.31. The van der Waals surface area contributed by atoms with Crippen LogP contribution in [0.25, 0.3) is 0 Å². The summed E-state index contributed by atoms with van der Waals surface area (Å²) in [6.45, 7) is 12.8. The van der Waals surface area contributed by atoms with Crippen LogP contribution >= 0.6 is 33.3 Å². The Hall–Kier alpha value is -1.68. The van der Waals surface area contributed by atoms with Crippen LogP contribution in [-0.4, -0.2) is 39.5 Å².